The second-order valence-electron chi connectivity index (χ2n) is 2.17. The van der Waals surface area contributed by atoms with Gasteiger partial charge >= 0.3 is 0 Å². The van der Waals surface area contributed by atoms with E-state index in [1.54, 1.807) is 6.08 Å². The molecule has 0 radical (unpaired) electrons. The summed E-state index contributed by atoms with van der Waals surface area (Å²) in [6.45, 7) is 4.38. The van der Waals surface area contributed by atoms with E-state index in [1.165, 1.54) is 4.90 Å². The normalized spacial score (nSPS) is 8.67. The maximum absolute atomic E-state index is 11.0. The zero-order valence-corrected chi connectivity index (χ0v) is 7.55. The highest BCUT2D eigenvalue weighted by molar-refractivity contribution is 6.27. The van der Waals surface area contributed by atoms with Crippen LogP contribution in [0, 0.1) is 11.3 Å². The molecule has 0 N–H and O–H groups in total. The van der Waals surface area contributed by atoms with Gasteiger partial charge in [0.2, 0.25) is 5.91 Å². The molecule has 0 aromatic rings. The fraction of sp³-hybridized carbons (Fsp3) is 0.500. The van der Waals surface area contributed by atoms with E-state index in [9.17, 15) is 4.79 Å². The molecule has 66 valence electrons. The average molecular weight is 187 g/mol. The van der Waals surface area contributed by atoms with Crippen molar-refractivity contribution in [3.05, 3.63) is 12.7 Å². The SMILES string of the molecule is C=CCN(CCC#N)C(=O)CCl. The first-order valence-electron chi connectivity index (χ1n) is 3.57. The van der Waals surface area contributed by atoms with Crippen LogP contribution in [0.5, 0.6) is 0 Å². The third kappa shape index (κ3) is 3.99. The first-order valence-corrected chi connectivity index (χ1v) is 4.11. The van der Waals surface area contributed by atoms with Crippen molar-refractivity contribution in [1.29, 1.82) is 5.26 Å². The highest BCUT2D eigenvalue weighted by Crippen LogP contribution is 1.94. The average Bonchev–Trinajstić information content (AvgIpc) is 2.11. The van der Waals surface area contributed by atoms with E-state index in [-0.39, 0.29) is 11.8 Å². The third-order valence-corrected chi connectivity index (χ3v) is 1.54. The Balaban J connectivity index is 3.95. The zero-order valence-electron chi connectivity index (χ0n) is 6.79. The molecule has 1 amide bonds. The molecule has 0 aliphatic heterocycles. The fourth-order valence-corrected chi connectivity index (χ4v) is 0.912. The van der Waals surface area contributed by atoms with Crippen LogP contribution in [0.4, 0.5) is 0 Å². The van der Waals surface area contributed by atoms with Gasteiger partial charge in [0.1, 0.15) is 5.88 Å². The van der Waals surface area contributed by atoms with Crippen molar-refractivity contribution in [1.82, 2.24) is 4.90 Å². The molecule has 0 aromatic heterocycles. The lowest BCUT2D eigenvalue weighted by atomic mass is 10.4. The lowest BCUT2D eigenvalue weighted by molar-refractivity contribution is -0.127. The molecule has 0 aliphatic carbocycles. The molecular formula is C8H11ClN2O. The van der Waals surface area contributed by atoms with Gasteiger partial charge in [-0.05, 0) is 0 Å². The number of halogens is 1. The van der Waals surface area contributed by atoms with Crippen molar-refractivity contribution in [2.75, 3.05) is 19.0 Å². The van der Waals surface area contributed by atoms with Crippen molar-refractivity contribution in [3.63, 3.8) is 0 Å². The van der Waals surface area contributed by atoms with E-state index < -0.39 is 0 Å². The Morgan fingerprint density at radius 3 is 2.83 bits per heavy atom. The Labute approximate surface area is 77.2 Å². The summed E-state index contributed by atoms with van der Waals surface area (Å²) >= 11 is 5.35. The molecule has 0 aliphatic rings. The van der Waals surface area contributed by atoms with Gasteiger partial charge in [0.05, 0.1) is 12.5 Å². The van der Waals surface area contributed by atoms with E-state index in [4.69, 9.17) is 16.9 Å². The summed E-state index contributed by atoms with van der Waals surface area (Å²) in [5.74, 6) is -0.203. The summed E-state index contributed by atoms with van der Waals surface area (Å²) in [7, 11) is 0. The molecule has 0 unspecified atom stereocenters. The second-order valence-corrected chi connectivity index (χ2v) is 2.44. The van der Waals surface area contributed by atoms with Gasteiger partial charge < -0.3 is 4.90 Å². The van der Waals surface area contributed by atoms with Gasteiger partial charge in [-0.3, -0.25) is 4.79 Å². The van der Waals surface area contributed by atoms with Gasteiger partial charge in [-0.15, -0.1) is 18.2 Å². The smallest absolute Gasteiger partial charge is 0.237 e. The quantitative estimate of drug-likeness (QED) is 0.478. The lowest BCUT2D eigenvalue weighted by Crippen LogP contribution is -2.32. The minimum absolute atomic E-state index is 0.0424. The van der Waals surface area contributed by atoms with Crippen LogP contribution in [0.3, 0.4) is 0 Å². The van der Waals surface area contributed by atoms with Crippen LogP contribution >= 0.6 is 11.6 Å². The van der Waals surface area contributed by atoms with Crippen molar-refractivity contribution in [2.24, 2.45) is 0 Å². The summed E-state index contributed by atoms with van der Waals surface area (Å²) in [5, 5.41) is 8.29. The third-order valence-electron chi connectivity index (χ3n) is 1.31. The Morgan fingerprint density at radius 2 is 2.42 bits per heavy atom. The number of hydrogen-bond donors (Lipinski definition) is 0. The van der Waals surface area contributed by atoms with Gasteiger partial charge in [0.25, 0.3) is 0 Å². The Morgan fingerprint density at radius 1 is 1.75 bits per heavy atom. The van der Waals surface area contributed by atoms with Crippen LogP contribution in [0.15, 0.2) is 12.7 Å². The maximum atomic E-state index is 11.0. The van der Waals surface area contributed by atoms with Crippen LogP contribution in [0.1, 0.15) is 6.42 Å². The molecular weight excluding hydrogens is 176 g/mol. The van der Waals surface area contributed by atoms with E-state index in [0.717, 1.165) is 0 Å². The molecule has 0 saturated heterocycles. The molecule has 3 nitrogen and oxygen atoms in total. The van der Waals surface area contributed by atoms with Crippen molar-refractivity contribution in [3.8, 4) is 6.07 Å². The van der Waals surface area contributed by atoms with Crippen LogP contribution in [0.25, 0.3) is 0 Å². The van der Waals surface area contributed by atoms with Gasteiger partial charge in [-0.1, -0.05) is 6.08 Å². The van der Waals surface area contributed by atoms with Gasteiger partial charge in [0, 0.05) is 13.1 Å². The zero-order chi connectivity index (χ0) is 9.40. The van der Waals surface area contributed by atoms with Crippen molar-refractivity contribution < 1.29 is 4.79 Å². The first kappa shape index (κ1) is 11.0. The molecule has 0 heterocycles. The molecule has 0 bridgehead atoms. The molecule has 4 heteroatoms. The number of amides is 1. The van der Waals surface area contributed by atoms with Crippen molar-refractivity contribution in [2.45, 2.75) is 6.42 Å². The predicted octanol–water partition coefficient (Wildman–Crippen LogP) is 1.15. The number of carbonyl (C=O) groups is 1. The molecule has 0 saturated carbocycles. The lowest BCUT2D eigenvalue weighted by Gasteiger charge is -2.17. The highest BCUT2D eigenvalue weighted by Gasteiger charge is 2.08. The van der Waals surface area contributed by atoms with E-state index >= 15 is 0 Å². The molecule has 0 aromatic carbocycles. The summed E-state index contributed by atoms with van der Waals surface area (Å²) < 4.78 is 0. The summed E-state index contributed by atoms with van der Waals surface area (Å²) in [5.41, 5.74) is 0. The number of alkyl halides is 1. The molecule has 0 atom stereocenters. The number of rotatable bonds is 5. The Bertz CT molecular complexity index is 198. The molecule has 12 heavy (non-hydrogen) atoms. The second kappa shape index (κ2) is 6.68. The van der Waals surface area contributed by atoms with Crippen LogP contribution in [0.2, 0.25) is 0 Å². The number of nitrogens with zero attached hydrogens (tertiary/aromatic N) is 2. The summed E-state index contributed by atoms with van der Waals surface area (Å²) in [6, 6.07) is 1.96. The number of hydrogen-bond acceptors (Lipinski definition) is 2. The maximum Gasteiger partial charge on any atom is 0.237 e. The number of carbonyl (C=O) groups excluding carboxylic acids is 1. The Hall–Kier alpha value is -1.01. The first-order chi connectivity index (χ1) is 5.76. The largest absolute Gasteiger partial charge is 0.337 e. The standard InChI is InChI=1S/C8H11ClN2O/c1-2-5-11(6-3-4-10)8(12)7-9/h2H,1,3,5-7H2. The van der Waals surface area contributed by atoms with E-state index in [0.29, 0.717) is 19.5 Å². The van der Waals surface area contributed by atoms with Crippen LogP contribution < -0.4 is 0 Å². The summed E-state index contributed by atoms with van der Waals surface area (Å²) in [6.07, 6.45) is 1.94. The van der Waals surface area contributed by atoms with E-state index in [2.05, 4.69) is 6.58 Å². The highest BCUT2D eigenvalue weighted by atomic mass is 35.5. The molecule has 0 fully saturated rings. The van der Waals surface area contributed by atoms with Crippen LogP contribution in [-0.2, 0) is 4.79 Å². The minimum Gasteiger partial charge on any atom is -0.337 e. The minimum atomic E-state index is -0.160. The number of nitriles is 1. The summed E-state index contributed by atoms with van der Waals surface area (Å²) in [4.78, 5) is 12.5. The molecule has 0 spiro atoms. The van der Waals surface area contributed by atoms with Gasteiger partial charge in [-0.2, -0.15) is 5.26 Å². The molecule has 0 rings (SSSR count). The monoisotopic (exact) mass is 186 g/mol. The topological polar surface area (TPSA) is 44.1 Å². The van der Waals surface area contributed by atoms with Crippen LogP contribution in [-0.4, -0.2) is 29.8 Å². The predicted molar refractivity (Wildman–Crippen MR) is 47.7 cm³/mol. The Kier molecular flexibility index (Phi) is 6.12. The van der Waals surface area contributed by atoms with Gasteiger partial charge in [-0.25, -0.2) is 0 Å². The van der Waals surface area contributed by atoms with Crippen molar-refractivity contribution >= 4 is 17.5 Å². The van der Waals surface area contributed by atoms with E-state index in [1.807, 2.05) is 6.07 Å². The van der Waals surface area contributed by atoms with Gasteiger partial charge in [0.15, 0.2) is 0 Å². The fourth-order valence-electron chi connectivity index (χ4n) is 0.743.